The molecule has 1 unspecified atom stereocenters. The molecule has 0 amide bonds. The van der Waals surface area contributed by atoms with E-state index in [4.69, 9.17) is 5.73 Å². The highest BCUT2D eigenvalue weighted by molar-refractivity contribution is 5.35. The molecule has 2 rings (SSSR count). The standard InChI is InChI=1S/C10H15N3/c1-6-4-3-5-8-9(6)7(2)12-10(11)13-8/h6H,3-5H2,1-2H3,(H2,11,12,13). The van der Waals surface area contributed by atoms with E-state index in [1.807, 2.05) is 6.92 Å². The minimum absolute atomic E-state index is 0.422. The Morgan fingerprint density at radius 2 is 2.15 bits per heavy atom. The van der Waals surface area contributed by atoms with Gasteiger partial charge in [-0.2, -0.15) is 0 Å². The Bertz CT molecular complexity index is 333. The van der Waals surface area contributed by atoms with Crippen molar-refractivity contribution in [2.45, 2.75) is 39.0 Å². The van der Waals surface area contributed by atoms with E-state index in [9.17, 15) is 0 Å². The Morgan fingerprint density at radius 1 is 1.38 bits per heavy atom. The van der Waals surface area contributed by atoms with Crippen LogP contribution in [0, 0.1) is 6.92 Å². The van der Waals surface area contributed by atoms with Crippen LogP contribution in [0.5, 0.6) is 0 Å². The summed E-state index contributed by atoms with van der Waals surface area (Å²) in [6.45, 7) is 4.27. The van der Waals surface area contributed by atoms with Gasteiger partial charge in [0.25, 0.3) is 0 Å². The monoisotopic (exact) mass is 177 g/mol. The van der Waals surface area contributed by atoms with Gasteiger partial charge in [0.05, 0.1) is 0 Å². The van der Waals surface area contributed by atoms with Crippen LogP contribution in [0.25, 0.3) is 0 Å². The second-order valence-corrected chi connectivity index (χ2v) is 3.82. The van der Waals surface area contributed by atoms with Gasteiger partial charge in [-0.1, -0.05) is 6.92 Å². The second-order valence-electron chi connectivity index (χ2n) is 3.82. The van der Waals surface area contributed by atoms with E-state index < -0.39 is 0 Å². The van der Waals surface area contributed by atoms with E-state index in [1.54, 1.807) is 0 Å². The summed E-state index contributed by atoms with van der Waals surface area (Å²) in [7, 11) is 0. The quantitative estimate of drug-likeness (QED) is 0.657. The number of nitrogens with two attached hydrogens (primary N) is 1. The maximum atomic E-state index is 5.61. The molecule has 13 heavy (non-hydrogen) atoms. The Morgan fingerprint density at radius 3 is 2.92 bits per heavy atom. The molecule has 0 aromatic carbocycles. The first-order valence-electron chi connectivity index (χ1n) is 4.81. The van der Waals surface area contributed by atoms with E-state index in [2.05, 4.69) is 16.9 Å². The van der Waals surface area contributed by atoms with Crippen LogP contribution in [0.1, 0.15) is 42.6 Å². The van der Waals surface area contributed by atoms with Crippen molar-refractivity contribution in [2.75, 3.05) is 5.73 Å². The summed E-state index contributed by atoms with van der Waals surface area (Å²) in [5.41, 5.74) is 9.17. The molecule has 1 heterocycles. The van der Waals surface area contributed by atoms with E-state index in [1.165, 1.54) is 24.1 Å². The molecule has 3 heteroatoms. The topological polar surface area (TPSA) is 51.8 Å². The van der Waals surface area contributed by atoms with Crippen LogP contribution in [0.3, 0.4) is 0 Å². The minimum atomic E-state index is 0.422. The molecule has 1 aliphatic carbocycles. The molecule has 2 N–H and O–H groups in total. The summed E-state index contributed by atoms with van der Waals surface area (Å²) in [6, 6.07) is 0. The van der Waals surface area contributed by atoms with Crippen molar-refractivity contribution in [3.63, 3.8) is 0 Å². The SMILES string of the molecule is Cc1nc(N)nc2c1C(C)CCC2. The van der Waals surface area contributed by atoms with Gasteiger partial charge in [-0.15, -0.1) is 0 Å². The van der Waals surface area contributed by atoms with Gasteiger partial charge in [0.15, 0.2) is 0 Å². The van der Waals surface area contributed by atoms with Crippen molar-refractivity contribution in [3.8, 4) is 0 Å². The Kier molecular flexibility index (Phi) is 1.94. The molecule has 70 valence electrons. The predicted molar refractivity (Wildman–Crippen MR) is 52.5 cm³/mol. The van der Waals surface area contributed by atoms with Gasteiger partial charge in [0.1, 0.15) is 0 Å². The second kappa shape index (κ2) is 2.98. The summed E-state index contributed by atoms with van der Waals surface area (Å²) in [5.74, 6) is 1.02. The van der Waals surface area contributed by atoms with Gasteiger partial charge in [0.2, 0.25) is 5.95 Å². The van der Waals surface area contributed by atoms with Crippen LogP contribution in [-0.2, 0) is 6.42 Å². The first-order valence-corrected chi connectivity index (χ1v) is 4.81. The van der Waals surface area contributed by atoms with Crippen LogP contribution in [0.2, 0.25) is 0 Å². The fourth-order valence-electron chi connectivity index (χ4n) is 2.22. The Labute approximate surface area is 78.4 Å². The molecule has 1 aliphatic rings. The Balaban J connectivity index is 2.56. The number of nitrogen functional groups attached to an aromatic ring is 1. The summed E-state index contributed by atoms with van der Waals surface area (Å²) >= 11 is 0. The lowest BCUT2D eigenvalue weighted by Gasteiger charge is -2.22. The number of anilines is 1. The average molecular weight is 177 g/mol. The zero-order chi connectivity index (χ0) is 9.42. The predicted octanol–water partition coefficient (Wildman–Crippen LogP) is 1.81. The molecule has 0 bridgehead atoms. The maximum absolute atomic E-state index is 5.61. The van der Waals surface area contributed by atoms with Crippen molar-refractivity contribution in [2.24, 2.45) is 0 Å². The van der Waals surface area contributed by atoms with Gasteiger partial charge in [-0.3, -0.25) is 0 Å². The third-order valence-electron chi connectivity index (χ3n) is 2.78. The zero-order valence-electron chi connectivity index (χ0n) is 8.17. The molecule has 0 fully saturated rings. The van der Waals surface area contributed by atoms with Crippen LogP contribution < -0.4 is 5.73 Å². The molecule has 1 atom stereocenters. The van der Waals surface area contributed by atoms with E-state index in [0.717, 1.165) is 12.1 Å². The number of rotatable bonds is 0. The van der Waals surface area contributed by atoms with Gasteiger partial charge in [-0.25, -0.2) is 9.97 Å². The van der Waals surface area contributed by atoms with Crippen molar-refractivity contribution in [1.82, 2.24) is 9.97 Å². The number of hydrogen-bond donors (Lipinski definition) is 1. The summed E-state index contributed by atoms with van der Waals surface area (Å²) in [5, 5.41) is 0. The number of aryl methyl sites for hydroxylation is 2. The fourth-order valence-corrected chi connectivity index (χ4v) is 2.22. The Hall–Kier alpha value is -1.12. The molecular weight excluding hydrogens is 162 g/mol. The van der Waals surface area contributed by atoms with Gasteiger partial charge >= 0.3 is 0 Å². The molecule has 0 saturated heterocycles. The number of hydrogen-bond acceptors (Lipinski definition) is 3. The molecule has 1 aromatic heterocycles. The van der Waals surface area contributed by atoms with Crippen LogP contribution in [0.4, 0.5) is 5.95 Å². The number of nitrogens with zero attached hydrogens (tertiary/aromatic N) is 2. The van der Waals surface area contributed by atoms with E-state index in [0.29, 0.717) is 11.9 Å². The summed E-state index contributed by atoms with van der Waals surface area (Å²) < 4.78 is 0. The zero-order valence-corrected chi connectivity index (χ0v) is 8.17. The van der Waals surface area contributed by atoms with Crippen molar-refractivity contribution >= 4 is 5.95 Å². The highest BCUT2D eigenvalue weighted by Gasteiger charge is 2.20. The highest BCUT2D eigenvalue weighted by atomic mass is 15.0. The van der Waals surface area contributed by atoms with Gasteiger partial charge in [0, 0.05) is 11.4 Å². The lowest BCUT2D eigenvalue weighted by Crippen LogP contribution is -2.14. The fraction of sp³-hybridized carbons (Fsp3) is 0.600. The minimum Gasteiger partial charge on any atom is -0.368 e. The lowest BCUT2D eigenvalue weighted by atomic mass is 9.86. The smallest absolute Gasteiger partial charge is 0.220 e. The molecule has 1 aromatic rings. The molecule has 3 nitrogen and oxygen atoms in total. The third kappa shape index (κ3) is 1.39. The van der Waals surface area contributed by atoms with Crippen LogP contribution in [-0.4, -0.2) is 9.97 Å². The first-order chi connectivity index (χ1) is 6.18. The summed E-state index contributed by atoms with van der Waals surface area (Å²) in [6.07, 6.45) is 3.54. The lowest BCUT2D eigenvalue weighted by molar-refractivity contribution is 0.571. The van der Waals surface area contributed by atoms with Gasteiger partial charge < -0.3 is 5.73 Å². The number of fused-ring (bicyclic) bond motifs is 1. The highest BCUT2D eigenvalue weighted by Crippen LogP contribution is 2.31. The molecule has 0 saturated carbocycles. The van der Waals surface area contributed by atoms with Crippen LogP contribution in [0.15, 0.2) is 0 Å². The summed E-state index contributed by atoms with van der Waals surface area (Å²) in [4.78, 5) is 8.50. The third-order valence-corrected chi connectivity index (χ3v) is 2.78. The molecular formula is C10H15N3. The van der Waals surface area contributed by atoms with E-state index in [-0.39, 0.29) is 0 Å². The van der Waals surface area contributed by atoms with Crippen LogP contribution >= 0.6 is 0 Å². The van der Waals surface area contributed by atoms with Crippen molar-refractivity contribution < 1.29 is 0 Å². The largest absolute Gasteiger partial charge is 0.368 e. The van der Waals surface area contributed by atoms with Gasteiger partial charge in [-0.05, 0) is 37.7 Å². The van der Waals surface area contributed by atoms with Crippen molar-refractivity contribution in [3.05, 3.63) is 17.0 Å². The molecule has 0 radical (unpaired) electrons. The molecule has 0 spiro atoms. The van der Waals surface area contributed by atoms with Crippen molar-refractivity contribution in [1.29, 1.82) is 0 Å². The molecule has 0 aliphatic heterocycles. The van der Waals surface area contributed by atoms with E-state index >= 15 is 0 Å². The maximum Gasteiger partial charge on any atom is 0.220 e. The number of aromatic nitrogens is 2. The first kappa shape index (κ1) is 8.48. The average Bonchev–Trinajstić information content (AvgIpc) is 2.02. The normalized spacial score (nSPS) is 21.2.